The van der Waals surface area contributed by atoms with Crippen molar-refractivity contribution in [3.63, 3.8) is 0 Å². The highest BCUT2D eigenvalue weighted by molar-refractivity contribution is 7.92. The summed E-state index contributed by atoms with van der Waals surface area (Å²) in [5, 5.41) is -0.479. The van der Waals surface area contributed by atoms with Gasteiger partial charge in [0.15, 0.2) is 9.84 Å². The van der Waals surface area contributed by atoms with Gasteiger partial charge in [-0.2, -0.15) is 0 Å². The van der Waals surface area contributed by atoms with Gasteiger partial charge in [0.2, 0.25) is 0 Å². The highest BCUT2D eigenvalue weighted by atomic mass is 32.2. The number of rotatable bonds is 7. The van der Waals surface area contributed by atoms with E-state index in [9.17, 15) is 13.2 Å². The van der Waals surface area contributed by atoms with E-state index in [1.54, 1.807) is 30.9 Å². The summed E-state index contributed by atoms with van der Waals surface area (Å²) >= 11 is 0. The molecule has 2 N–H and O–H groups in total. The van der Waals surface area contributed by atoms with Gasteiger partial charge in [0.1, 0.15) is 0 Å². The molecule has 2 rings (SSSR count). The van der Waals surface area contributed by atoms with Crippen LogP contribution in [0.25, 0.3) is 0 Å². The Bertz CT molecular complexity index is 663. The standard InChI is InChI=1S/C18H28N2O4S/c1-14(2)25(22,23)17-6-4-15(5-7-17)18(21)20-11-8-16(9-12-20)24-13-3-10-19/h4-7,14,16H,3,8-13,19H2,1-2H3. The Morgan fingerprint density at radius 2 is 1.84 bits per heavy atom. The van der Waals surface area contributed by atoms with E-state index < -0.39 is 15.1 Å². The molecule has 0 aromatic heterocycles. The molecule has 140 valence electrons. The number of hydrogen-bond donors (Lipinski definition) is 1. The third-order valence-corrected chi connectivity index (χ3v) is 6.65. The second kappa shape index (κ2) is 8.78. The molecular formula is C18H28N2O4S. The maximum atomic E-state index is 12.6. The summed E-state index contributed by atoms with van der Waals surface area (Å²) in [6.07, 6.45) is 2.67. The van der Waals surface area contributed by atoms with Crippen molar-refractivity contribution in [2.75, 3.05) is 26.2 Å². The molecule has 1 aliphatic heterocycles. The highest BCUT2D eigenvalue weighted by Gasteiger charge is 2.25. The molecule has 1 aromatic rings. The summed E-state index contributed by atoms with van der Waals surface area (Å²) in [5.74, 6) is -0.0612. The molecule has 1 aromatic carbocycles. The number of amides is 1. The van der Waals surface area contributed by atoms with Crippen LogP contribution in [0, 0.1) is 0 Å². The summed E-state index contributed by atoms with van der Waals surface area (Å²) in [7, 11) is -3.31. The van der Waals surface area contributed by atoms with Gasteiger partial charge in [-0.15, -0.1) is 0 Å². The van der Waals surface area contributed by atoms with E-state index >= 15 is 0 Å². The SMILES string of the molecule is CC(C)S(=O)(=O)c1ccc(C(=O)N2CCC(OCCCN)CC2)cc1. The number of likely N-dealkylation sites (tertiary alicyclic amines) is 1. The van der Waals surface area contributed by atoms with Gasteiger partial charge in [0, 0.05) is 25.3 Å². The molecule has 1 heterocycles. The third-order valence-electron chi connectivity index (χ3n) is 4.48. The third kappa shape index (κ3) is 5.03. The van der Waals surface area contributed by atoms with Gasteiger partial charge in [-0.1, -0.05) is 0 Å². The minimum Gasteiger partial charge on any atom is -0.378 e. The molecule has 0 saturated carbocycles. The molecule has 0 spiro atoms. The second-order valence-electron chi connectivity index (χ2n) is 6.62. The van der Waals surface area contributed by atoms with E-state index in [2.05, 4.69) is 0 Å². The first-order chi connectivity index (χ1) is 11.9. The molecular weight excluding hydrogens is 340 g/mol. The Morgan fingerprint density at radius 3 is 2.36 bits per heavy atom. The van der Waals surface area contributed by atoms with E-state index in [4.69, 9.17) is 10.5 Å². The molecule has 0 aliphatic carbocycles. The summed E-state index contributed by atoms with van der Waals surface area (Å²) in [5.41, 5.74) is 5.97. The van der Waals surface area contributed by atoms with Crippen LogP contribution < -0.4 is 5.73 Å². The number of carbonyl (C=O) groups excluding carboxylic acids is 1. The molecule has 1 fully saturated rings. The zero-order valence-electron chi connectivity index (χ0n) is 15.0. The van der Waals surface area contributed by atoms with Crippen LogP contribution in [0.15, 0.2) is 29.2 Å². The molecule has 0 bridgehead atoms. The fourth-order valence-corrected chi connectivity index (χ4v) is 3.86. The maximum absolute atomic E-state index is 12.6. The predicted octanol–water partition coefficient (Wildman–Crippen LogP) is 1.84. The number of carbonyl (C=O) groups is 1. The van der Waals surface area contributed by atoms with Crippen LogP contribution in [0.5, 0.6) is 0 Å². The molecule has 25 heavy (non-hydrogen) atoms. The lowest BCUT2D eigenvalue weighted by Crippen LogP contribution is -2.41. The predicted molar refractivity (Wildman–Crippen MR) is 97.3 cm³/mol. The van der Waals surface area contributed by atoms with Crippen molar-refractivity contribution >= 4 is 15.7 Å². The quantitative estimate of drug-likeness (QED) is 0.742. The van der Waals surface area contributed by atoms with Gasteiger partial charge in [-0.25, -0.2) is 8.42 Å². The summed E-state index contributed by atoms with van der Waals surface area (Å²) in [4.78, 5) is 14.6. The minimum absolute atomic E-state index is 0.0612. The van der Waals surface area contributed by atoms with E-state index in [0.29, 0.717) is 31.8 Å². The summed E-state index contributed by atoms with van der Waals surface area (Å²) in [6.45, 7) is 5.89. The van der Waals surface area contributed by atoms with E-state index in [1.165, 1.54) is 12.1 Å². The van der Waals surface area contributed by atoms with Gasteiger partial charge in [0.05, 0.1) is 16.2 Å². The van der Waals surface area contributed by atoms with Crippen molar-refractivity contribution in [1.82, 2.24) is 4.90 Å². The average Bonchev–Trinajstić information content (AvgIpc) is 2.62. The maximum Gasteiger partial charge on any atom is 0.253 e. The molecule has 7 heteroatoms. The molecule has 1 saturated heterocycles. The Morgan fingerprint density at radius 1 is 1.24 bits per heavy atom. The number of piperidine rings is 1. The molecule has 1 amide bonds. The number of ether oxygens (including phenoxy) is 1. The van der Waals surface area contributed by atoms with Crippen LogP contribution in [0.2, 0.25) is 0 Å². The highest BCUT2D eigenvalue weighted by Crippen LogP contribution is 2.19. The van der Waals surface area contributed by atoms with Crippen molar-refractivity contribution in [3.8, 4) is 0 Å². The summed E-state index contributed by atoms with van der Waals surface area (Å²) < 4.78 is 30.0. The molecule has 0 unspecified atom stereocenters. The first kappa shape index (κ1) is 19.9. The Balaban J connectivity index is 1.94. The Kier molecular flexibility index (Phi) is 6.98. The molecule has 1 aliphatic rings. The lowest BCUT2D eigenvalue weighted by Gasteiger charge is -2.32. The van der Waals surface area contributed by atoms with Crippen LogP contribution >= 0.6 is 0 Å². The molecule has 0 atom stereocenters. The van der Waals surface area contributed by atoms with Crippen molar-refractivity contribution in [3.05, 3.63) is 29.8 Å². The largest absolute Gasteiger partial charge is 0.378 e. The summed E-state index contributed by atoms with van der Waals surface area (Å²) in [6, 6.07) is 6.24. The van der Waals surface area contributed by atoms with Gasteiger partial charge in [-0.05, 0) is 63.9 Å². The number of nitrogens with two attached hydrogens (primary N) is 1. The smallest absolute Gasteiger partial charge is 0.253 e. The van der Waals surface area contributed by atoms with E-state index in [1.807, 2.05) is 0 Å². The van der Waals surface area contributed by atoms with Crippen LogP contribution in [0.3, 0.4) is 0 Å². The lowest BCUT2D eigenvalue weighted by atomic mass is 10.1. The topological polar surface area (TPSA) is 89.7 Å². The number of sulfone groups is 1. The van der Waals surface area contributed by atoms with Crippen LogP contribution in [0.4, 0.5) is 0 Å². The Hall–Kier alpha value is -1.44. The fraction of sp³-hybridized carbons (Fsp3) is 0.611. The van der Waals surface area contributed by atoms with Gasteiger partial charge >= 0.3 is 0 Å². The monoisotopic (exact) mass is 368 g/mol. The lowest BCUT2D eigenvalue weighted by molar-refractivity contribution is 0.00844. The van der Waals surface area contributed by atoms with Crippen LogP contribution in [-0.2, 0) is 14.6 Å². The number of nitrogens with zero attached hydrogens (tertiary/aromatic N) is 1. The van der Waals surface area contributed by atoms with Crippen LogP contribution in [0.1, 0.15) is 43.5 Å². The molecule has 6 nitrogen and oxygen atoms in total. The van der Waals surface area contributed by atoms with Crippen molar-refractivity contribution in [2.45, 2.75) is 49.4 Å². The second-order valence-corrected chi connectivity index (χ2v) is 9.13. The number of benzene rings is 1. The van der Waals surface area contributed by atoms with Crippen molar-refractivity contribution in [2.24, 2.45) is 5.73 Å². The van der Waals surface area contributed by atoms with Crippen molar-refractivity contribution < 1.29 is 17.9 Å². The zero-order valence-corrected chi connectivity index (χ0v) is 15.8. The van der Waals surface area contributed by atoms with Gasteiger partial charge < -0.3 is 15.4 Å². The minimum atomic E-state index is -3.31. The zero-order chi connectivity index (χ0) is 18.4. The van der Waals surface area contributed by atoms with Gasteiger partial charge in [0.25, 0.3) is 5.91 Å². The molecule has 0 radical (unpaired) electrons. The normalized spacial score (nSPS) is 16.4. The van der Waals surface area contributed by atoms with Crippen LogP contribution in [-0.4, -0.2) is 56.8 Å². The van der Waals surface area contributed by atoms with Crippen molar-refractivity contribution in [1.29, 1.82) is 0 Å². The Labute approximate surface area is 150 Å². The van der Waals surface area contributed by atoms with E-state index in [0.717, 1.165) is 19.3 Å². The van der Waals surface area contributed by atoms with E-state index in [-0.39, 0.29) is 16.9 Å². The first-order valence-corrected chi connectivity index (χ1v) is 10.4. The van der Waals surface area contributed by atoms with Gasteiger partial charge in [-0.3, -0.25) is 4.79 Å². The fourth-order valence-electron chi connectivity index (χ4n) is 2.80. The first-order valence-electron chi connectivity index (χ1n) is 8.81. The average molecular weight is 368 g/mol. The number of hydrogen-bond acceptors (Lipinski definition) is 5.